The minimum atomic E-state index is -4.23. The van der Waals surface area contributed by atoms with E-state index in [4.69, 9.17) is 4.63 Å². The largest absolute Gasteiger partial charge is 0.390 e. The molecule has 14 heteroatoms. The molecule has 13 nitrogen and oxygen atoms in total. The van der Waals surface area contributed by atoms with Crippen molar-refractivity contribution in [2.24, 2.45) is 5.92 Å². The first-order chi connectivity index (χ1) is 23.4. The third kappa shape index (κ3) is 8.71. The average molecular weight is 687 g/mol. The highest BCUT2D eigenvalue weighted by atomic mass is 32.2. The molecular weight excluding hydrogens is 648 g/mol. The van der Waals surface area contributed by atoms with Crippen LogP contribution in [0.15, 0.2) is 94.5 Å². The zero-order valence-electron chi connectivity index (χ0n) is 27.3. The van der Waals surface area contributed by atoms with Gasteiger partial charge in [-0.05, 0) is 59.4 Å². The smallest absolute Gasteiger partial charge is 0.270 e. The van der Waals surface area contributed by atoms with E-state index < -0.39 is 40.0 Å². The number of amides is 2. The SMILES string of the molecule is CC(=O)C[C@H](NC(=O)c1ccc2ccccc2n1)C(=O)N[C@@H](Cc1ccccc1)[C@@H](O)CN(CC(C)C)S(=O)(=O)c1cccc2nonc12. The van der Waals surface area contributed by atoms with Crippen molar-refractivity contribution >= 4 is 49.6 Å². The van der Waals surface area contributed by atoms with Crippen LogP contribution in [0, 0.1) is 5.92 Å². The molecule has 5 aromatic rings. The number of benzene rings is 3. The summed E-state index contributed by atoms with van der Waals surface area (Å²) in [4.78, 5) is 43.6. The predicted octanol–water partition coefficient (Wildman–Crippen LogP) is 3.28. The van der Waals surface area contributed by atoms with Gasteiger partial charge in [0.05, 0.1) is 17.7 Å². The molecule has 2 heterocycles. The maximum atomic E-state index is 14.0. The summed E-state index contributed by atoms with van der Waals surface area (Å²) in [5.41, 5.74) is 1.73. The molecule has 5 rings (SSSR count). The monoisotopic (exact) mass is 686 g/mol. The lowest BCUT2D eigenvalue weighted by atomic mass is 9.99. The van der Waals surface area contributed by atoms with Crippen LogP contribution >= 0.6 is 0 Å². The van der Waals surface area contributed by atoms with Gasteiger partial charge >= 0.3 is 0 Å². The Morgan fingerprint density at radius 3 is 2.31 bits per heavy atom. The number of hydrogen-bond donors (Lipinski definition) is 3. The summed E-state index contributed by atoms with van der Waals surface area (Å²) in [5, 5.41) is 25.5. The summed E-state index contributed by atoms with van der Waals surface area (Å²) >= 11 is 0. The number of pyridine rings is 1. The van der Waals surface area contributed by atoms with E-state index in [1.165, 1.54) is 25.1 Å². The summed E-state index contributed by atoms with van der Waals surface area (Å²) in [5.74, 6) is -1.85. The van der Waals surface area contributed by atoms with Gasteiger partial charge in [0, 0.05) is 24.9 Å². The van der Waals surface area contributed by atoms with E-state index >= 15 is 0 Å². The highest BCUT2D eigenvalue weighted by Crippen LogP contribution is 2.25. The van der Waals surface area contributed by atoms with Crippen molar-refractivity contribution in [2.75, 3.05) is 13.1 Å². The summed E-state index contributed by atoms with van der Waals surface area (Å²) in [6, 6.07) is 21.8. The summed E-state index contributed by atoms with van der Waals surface area (Å²) in [6.45, 7) is 4.65. The number of nitrogens with zero attached hydrogens (tertiary/aromatic N) is 4. The molecule has 0 saturated carbocycles. The van der Waals surface area contributed by atoms with Crippen LogP contribution in [0.5, 0.6) is 0 Å². The molecule has 0 fully saturated rings. The van der Waals surface area contributed by atoms with Crippen molar-refractivity contribution in [1.82, 2.24) is 30.2 Å². The molecule has 2 amide bonds. The Morgan fingerprint density at radius 2 is 1.57 bits per heavy atom. The third-order valence-electron chi connectivity index (χ3n) is 7.86. The fourth-order valence-electron chi connectivity index (χ4n) is 5.50. The van der Waals surface area contributed by atoms with Crippen molar-refractivity contribution in [2.45, 2.75) is 56.7 Å². The van der Waals surface area contributed by atoms with Gasteiger partial charge in [-0.2, -0.15) is 4.31 Å². The molecule has 0 radical (unpaired) electrons. The molecule has 0 aliphatic carbocycles. The van der Waals surface area contributed by atoms with Crippen molar-refractivity contribution < 1.29 is 32.5 Å². The minimum Gasteiger partial charge on any atom is -0.390 e. The molecule has 3 aromatic carbocycles. The van der Waals surface area contributed by atoms with Crippen molar-refractivity contribution in [3.8, 4) is 0 Å². The zero-order valence-corrected chi connectivity index (χ0v) is 28.1. The van der Waals surface area contributed by atoms with E-state index in [1.807, 2.05) is 44.2 Å². The summed E-state index contributed by atoms with van der Waals surface area (Å²) in [6.07, 6.45) is -1.61. The van der Waals surface area contributed by atoms with Gasteiger partial charge in [0.1, 0.15) is 27.9 Å². The predicted molar refractivity (Wildman–Crippen MR) is 182 cm³/mol. The lowest BCUT2D eigenvalue weighted by molar-refractivity contribution is -0.127. The molecule has 3 atom stereocenters. The second-order valence-electron chi connectivity index (χ2n) is 12.3. The molecule has 3 N–H and O–H groups in total. The normalized spacial score (nSPS) is 13.8. The molecule has 0 unspecified atom stereocenters. The highest BCUT2D eigenvalue weighted by molar-refractivity contribution is 7.89. The van der Waals surface area contributed by atoms with Gasteiger partial charge in [-0.15, -0.1) is 0 Å². The Kier molecular flexibility index (Phi) is 11.1. The minimum absolute atomic E-state index is 0.0504. The average Bonchev–Trinajstić information content (AvgIpc) is 3.56. The number of nitrogens with one attached hydrogen (secondary N) is 2. The summed E-state index contributed by atoms with van der Waals surface area (Å²) < 4.78 is 34.0. The second kappa shape index (κ2) is 15.4. The topological polar surface area (TPSA) is 185 Å². The number of ketones is 1. The van der Waals surface area contributed by atoms with Crippen LogP contribution in [-0.4, -0.2) is 82.0 Å². The molecule has 49 heavy (non-hydrogen) atoms. The van der Waals surface area contributed by atoms with E-state index in [2.05, 4.69) is 25.9 Å². The molecule has 0 bridgehead atoms. The Hall–Kier alpha value is -5.05. The molecule has 256 valence electrons. The highest BCUT2D eigenvalue weighted by Gasteiger charge is 2.34. The first kappa shape index (κ1) is 35.3. The van der Waals surface area contributed by atoms with Crippen LogP contribution < -0.4 is 10.6 Å². The van der Waals surface area contributed by atoms with E-state index in [9.17, 15) is 27.9 Å². The number of aliphatic hydroxyl groups is 1. The molecule has 0 aliphatic rings. The zero-order chi connectivity index (χ0) is 35.1. The lowest BCUT2D eigenvalue weighted by Gasteiger charge is -2.31. The first-order valence-corrected chi connectivity index (χ1v) is 17.3. The fraction of sp³-hybridized carbons (Fsp3) is 0.314. The molecule has 2 aromatic heterocycles. The van der Waals surface area contributed by atoms with Gasteiger partial charge in [0.15, 0.2) is 5.52 Å². The number of aliphatic hydroxyl groups excluding tert-OH is 1. The van der Waals surface area contributed by atoms with E-state index in [0.717, 1.165) is 15.3 Å². The van der Waals surface area contributed by atoms with Crippen molar-refractivity contribution in [3.63, 3.8) is 0 Å². The maximum Gasteiger partial charge on any atom is 0.270 e. The second-order valence-corrected chi connectivity index (χ2v) is 14.2. The van der Waals surface area contributed by atoms with Gasteiger partial charge in [0.25, 0.3) is 5.91 Å². The van der Waals surface area contributed by atoms with Crippen LogP contribution in [-0.2, 0) is 26.0 Å². The molecule has 0 spiro atoms. The molecule has 0 saturated heterocycles. The lowest BCUT2D eigenvalue weighted by Crippen LogP contribution is -2.56. The van der Waals surface area contributed by atoms with Crippen LogP contribution in [0.2, 0.25) is 0 Å². The standard InChI is InChI=1S/C35H38N6O7S/c1-22(2)20-41(49(46,47)32-15-9-14-27-33(32)40-48-39-27)21-31(43)29(19-24-10-5-4-6-11-24)37-35(45)30(18-23(3)42)38-34(44)28-17-16-25-12-7-8-13-26(25)36-28/h4-17,22,29-31,43H,18-21H2,1-3H3,(H,37,45)(H,38,44)/t29-,30-,31-/m0/s1. The number of Topliss-reactive ketones (excluding diaryl/α,β-unsaturated/α-hetero) is 1. The number of sulfonamides is 1. The maximum absolute atomic E-state index is 14.0. The molecule has 0 aliphatic heterocycles. The van der Waals surface area contributed by atoms with Crippen LogP contribution in [0.3, 0.4) is 0 Å². The number of fused-ring (bicyclic) bond motifs is 2. The Morgan fingerprint density at radius 1 is 0.857 bits per heavy atom. The fourth-order valence-corrected chi connectivity index (χ4v) is 7.26. The number of hydrogen-bond acceptors (Lipinski definition) is 10. The number of aromatic nitrogens is 3. The summed E-state index contributed by atoms with van der Waals surface area (Å²) in [7, 11) is -4.23. The number of para-hydroxylation sites is 1. The van der Waals surface area contributed by atoms with Gasteiger partial charge in [0.2, 0.25) is 15.9 Å². The number of rotatable bonds is 15. The third-order valence-corrected chi connectivity index (χ3v) is 9.72. The molecular formula is C35H38N6O7S. The Labute approximate surface area is 283 Å². The van der Waals surface area contributed by atoms with Crippen molar-refractivity contribution in [1.29, 1.82) is 0 Å². The quantitative estimate of drug-likeness (QED) is 0.148. The van der Waals surface area contributed by atoms with Crippen LogP contribution in [0.4, 0.5) is 0 Å². The Balaban J connectivity index is 1.41. The van der Waals surface area contributed by atoms with Gasteiger partial charge in [-0.1, -0.05) is 74.5 Å². The Bertz CT molecular complexity index is 2050. The van der Waals surface area contributed by atoms with Gasteiger partial charge < -0.3 is 15.7 Å². The van der Waals surface area contributed by atoms with Gasteiger partial charge in [-0.25, -0.2) is 18.0 Å². The van der Waals surface area contributed by atoms with Crippen LogP contribution in [0.1, 0.15) is 43.2 Å². The van der Waals surface area contributed by atoms with E-state index in [-0.39, 0.29) is 59.3 Å². The first-order valence-electron chi connectivity index (χ1n) is 15.8. The van der Waals surface area contributed by atoms with E-state index in [1.54, 1.807) is 36.4 Å². The van der Waals surface area contributed by atoms with Crippen LogP contribution in [0.25, 0.3) is 21.9 Å². The van der Waals surface area contributed by atoms with Gasteiger partial charge in [-0.3, -0.25) is 14.4 Å². The van der Waals surface area contributed by atoms with E-state index in [0.29, 0.717) is 5.52 Å². The number of carbonyl (C=O) groups is 3. The van der Waals surface area contributed by atoms with Crippen molar-refractivity contribution in [3.05, 3.63) is 96.2 Å². The number of carbonyl (C=O) groups excluding carboxylic acids is 3.